The van der Waals surface area contributed by atoms with Crippen molar-refractivity contribution in [2.24, 2.45) is 7.05 Å². The molecule has 0 saturated heterocycles. The third kappa shape index (κ3) is 2.48. The van der Waals surface area contributed by atoms with Gasteiger partial charge < -0.3 is 5.73 Å². The van der Waals surface area contributed by atoms with E-state index in [-0.39, 0.29) is 0 Å². The average Bonchev–Trinajstić information content (AvgIpc) is 2.85. The monoisotopic (exact) mass is 285 g/mol. The summed E-state index contributed by atoms with van der Waals surface area (Å²) in [6.07, 6.45) is 3.62. The van der Waals surface area contributed by atoms with Crippen molar-refractivity contribution in [2.75, 3.05) is 5.73 Å². The summed E-state index contributed by atoms with van der Waals surface area (Å²) in [5.74, 6) is 0.959. The Bertz CT molecular complexity index is 766. The molecule has 0 aliphatic rings. The molecule has 2 heterocycles. The summed E-state index contributed by atoms with van der Waals surface area (Å²) in [6, 6.07) is 9.09. The number of rotatable bonds is 2. The molecule has 0 spiro atoms. The van der Waals surface area contributed by atoms with Crippen molar-refractivity contribution in [1.29, 1.82) is 0 Å². The third-order valence-corrected chi connectivity index (χ3v) is 3.06. The van der Waals surface area contributed by atoms with Gasteiger partial charge in [0, 0.05) is 35.5 Å². The molecule has 0 amide bonds. The second-order valence-electron chi connectivity index (χ2n) is 4.41. The number of halogens is 1. The van der Waals surface area contributed by atoms with Crippen molar-refractivity contribution in [2.45, 2.75) is 0 Å². The molecule has 20 heavy (non-hydrogen) atoms. The van der Waals surface area contributed by atoms with Crippen LogP contribution in [0.25, 0.3) is 22.6 Å². The van der Waals surface area contributed by atoms with Crippen LogP contribution in [-0.4, -0.2) is 19.7 Å². The van der Waals surface area contributed by atoms with Crippen molar-refractivity contribution < 1.29 is 0 Å². The fraction of sp³-hybridized carbons (Fsp3) is 0.0714. The number of aryl methyl sites for hydroxylation is 1. The fourth-order valence-corrected chi connectivity index (χ4v) is 2.11. The highest BCUT2D eigenvalue weighted by atomic mass is 35.5. The van der Waals surface area contributed by atoms with Gasteiger partial charge in [0.2, 0.25) is 0 Å². The van der Waals surface area contributed by atoms with Crippen LogP contribution in [0.2, 0.25) is 5.02 Å². The predicted octanol–water partition coefficient (Wildman–Crippen LogP) is 2.78. The van der Waals surface area contributed by atoms with Crippen LogP contribution in [0.1, 0.15) is 0 Å². The van der Waals surface area contributed by atoms with E-state index in [1.54, 1.807) is 23.0 Å². The van der Waals surface area contributed by atoms with Gasteiger partial charge in [0.25, 0.3) is 0 Å². The van der Waals surface area contributed by atoms with Crippen LogP contribution in [0.15, 0.2) is 42.7 Å². The molecule has 3 aromatic rings. The Labute approximate surface area is 121 Å². The molecule has 5 nitrogen and oxygen atoms in total. The molecular weight excluding hydrogens is 274 g/mol. The fourth-order valence-electron chi connectivity index (χ4n) is 1.92. The van der Waals surface area contributed by atoms with Gasteiger partial charge in [0.05, 0.1) is 11.9 Å². The Morgan fingerprint density at radius 2 is 2.00 bits per heavy atom. The second kappa shape index (κ2) is 4.94. The molecule has 2 aromatic heterocycles. The van der Waals surface area contributed by atoms with Gasteiger partial charge in [0.1, 0.15) is 5.82 Å². The maximum absolute atomic E-state index is 5.99. The first-order chi connectivity index (χ1) is 9.61. The minimum absolute atomic E-state index is 0.411. The van der Waals surface area contributed by atoms with E-state index in [0.29, 0.717) is 16.7 Å². The highest BCUT2D eigenvalue weighted by Gasteiger charge is 2.09. The number of nitrogen functional groups attached to an aromatic ring is 1. The van der Waals surface area contributed by atoms with Crippen LogP contribution in [0.4, 0.5) is 5.82 Å². The number of nitrogens with zero attached hydrogens (tertiary/aromatic N) is 4. The molecule has 2 N–H and O–H groups in total. The van der Waals surface area contributed by atoms with E-state index < -0.39 is 0 Å². The molecule has 3 rings (SSSR count). The summed E-state index contributed by atoms with van der Waals surface area (Å²) < 4.78 is 1.71. The zero-order valence-electron chi connectivity index (χ0n) is 10.8. The number of aromatic nitrogens is 4. The Balaban J connectivity index is 2.11. The quantitative estimate of drug-likeness (QED) is 0.786. The van der Waals surface area contributed by atoms with E-state index in [1.807, 2.05) is 31.4 Å². The van der Waals surface area contributed by atoms with Crippen molar-refractivity contribution in [3.8, 4) is 22.6 Å². The third-order valence-electron chi connectivity index (χ3n) is 2.83. The minimum atomic E-state index is 0.411. The Kier molecular flexibility index (Phi) is 3.12. The first-order valence-corrected chi connectivity index (χ1v) is 6.39. The molecule has 0 aliphatic heterocycles. The molecule has 0 saturated carbocycles. The van der Waals surface area contributed by atoms with Crippen LogP contribution in [-0.2, 0) is 7.05 Å². The summed E-state index contributed by atoms with van der Waals surface area (Å²) in [4.78, 5) is 8.78. The van der Waals surface area contributed by atoms with E-state index in [0.717, 1.165) is 16.8 Å². The van der Waals surface area contributed by atoms with E-state index >= 15 is 0 Å². The molecule has 0 unspecified atom stereocenters. The molecular formula is C14H12ClN5. The van der Waals surface area contributed by atoms with Gasteiger partial charge in [-0.15, -0.1) is 0 Å². The Hall–Kier alpha value is -2.40. The van der Waals surface area contributed by atoms with E-state index in [2.05, 4.69) is 15.1 Å². The highest BCUT2D eigenvalue weighted by Crippen LogP contribution is 2.24. The minimum Gasteiger partial charge on any atom is -0.384 e. The number of nitrogens with two attached hydrogens (primary N) is 1. The van der Waals surface area contributed by atoms with E-state index in [9.17, 15) is 0 Å². The lowest BCUT2D eigenvalue weighted by Gasteiger charge is -2.05. The average molecular weight is 286 g/mol. The van der Waals surface area contributed by atoms with Gasteiger partial charge in [-0.25, -0.2) is 9.97 Å². The summed E-state index contributed by atoms with van der Waals surface area (Å²) >= 11 is 5.99. The lowest BCUT2D eigenvalue weighted by molar-refractivity contribution is 0.768. The summed E-state index contributed by atoms with van der Waals surface area (Å²) in [5.41, 5.74) is 8.33. The van der Waals surface area contributed by atoms with Crippen molar-refractivity contribution >= 4 is 17.4 Å². The normalized spacial score (nSPS) is 10.7. The maximum Gasteiger partial charge on any atom is 0.162 e. The van der Waals surface area contributed by atoms with Gasteiger partial charge >= 0.3 is 0 Å². The molecule has 0 atom stereocenters. The largest absolute Gasteiger partial charge is 0.384 e. The number of hydrogen-bond acceptors (Lipinski definition) is 4. The molecule has 0 bridgehead atoms. The second-order valence-corrected chi connectivity index (χ2v) is 4.85. The molecule has 100 valence electrons. The molecule has 0 radical (unpaired) electrons. The van der Waals surface area contributed by atoms with Gasteiger partial charge in [-0.3, -0.25) is 4.68 Å². The summed E-state index contributed by atoms with van der Waals surface area (Å²) in [5, 5.41) is 4.77. The van der Waals surface area contributed by atoms with E-state index in [4.69, 9.17) is 17.3 Å². The van der Waals surface area contributed by atoms with E-state index in [1.165, 1.54) is 0 Å². The standard InChI is InChI=1S/C14H12ClN5/c1-20-8-10(7-17-20)12-6-13(16)19-14(18-12)9-3-2-4-11(15)5-9/h2-8H,1H3,(H2,16,18,19). The SMILES string of the molecule is Cn1cc(-c2cc(N)nc(-c3cccc(Cl)c3)n2)cn1. The Morgan fingerprint density at radius 3 is 2.70 bits per heavy atom. The van der Waals surface area contributed by atoms with Crippen molar-refractivity contribution in [1.82, 2.24) is 19.7 Å². The smallest absolute Gasteiger partial charge is 0.162 e. The molecule has 1 aromatic carbocycles. The van der Waals surface area contributed by atoms with Crippen LogP contribution in [0.3, 0.4) is 0 Å². The molecule has 0 fully saturated rings. The topological polar surface area (TPSA) is 69.6 Å². The zero-order chi connectivity index (χ0) is 14.1. The highest BCUT2D eigenvalue weighted by molar-refractivity contribution is 6.30. The number of benzene rings is 1. The number of hydrogen-bond donors (Lipinski definition) is 1. The van der Waals surface area contributed by atoms with Gasteiger partial charge in [-0.05, 0) is 12.1 Å². The lowest BCUT2D eigenvalue weighted by atomic mass is 10.2. The van der Waals surface area contributed by atoms with Gasteiger partial charge in [-0.2, -0.15) is 5.10 Å². The van der Waals surface area contributed by atoms with Crippen LogP contribution < -0.4 is 5.73 Å². The first-order valence-electron chi connectivity index (χ1n) is 6.01. The summed E-state index contributed by atoms with van der Waals surface area (Å²) in [6.45, 7) is 0. The summed E-state index contributed by atoms with van der Waals surface area (Å²) in [7, 11) is 1.85. The van der Waals surface area contributed by atoms with Crippen LogP contribution in [0, 0.1) is 0 Å². The van der Waals surface area contributed by atoms with Crippen LogP contribution in [0.5, 0.6) is 0 Å². The van der Waals surface area contributed by atoms with Crippen molar-refractivity contribution in [3.63, 3.8) is 0 Å². The zero-order valence-corrected chi connectivity index (χ0v) is 11.5. The molecule has 6 heteroatoms. The van der Waals surface area contributed by atoms with Gasteiger partial charge in [0.15, 0.2) is 5.82 Å². The Morgan fingerprint density at radius 1 is 1.15 bits per heavy atom. The maximum atomic E-state index is 5.99. The molecule has 0 aliphatic carbocycles. The van der Waals surface area contributed by atoms with Gasteiger partial charge in [-0.1, -0.05) is 23.7 Å². The van der Waals surface area contributed by atoms with Crippen molar-refractivity contribution in [3.05, 3.63) is 47.7 Å². The first kappa shape index (κ1) is 12.6. The number of anilines is 1. The predicted molar refractivity (Wildman–Crippen MR) is 79.1 cm³/mol. The van der Waals surface area contributed by atoms with Crippen LogP contribution >= 0.6 is 11.6 Å². The lowest BCUT2D eigenvalue weighted by Crippen LogP contribution is -1.97.